The van der Waals surface area contributed by atoms with E-state index in [4.69, 9.17) is 9.47 Å². The van der Waals surface area contributed by atoms with Crippen LogP contribution in [0.25, 0.3) is 0 Å². The number of ether oxygens (including phenoxy) is 2. The lowest BCUT2D eigenvalue weighted by Crippen LogP contribution is -2.51. The van der Waals surface area contributed by atoms with Gasteiger partial charge in [-0.05, 0) is 50.3 Å². The largest absolute Gasteiger partial charge is 0.496 e. The summed E-state index contributed by atoms with van der Waals surface area (Å²) in [6, 6.07) is 7.08. The Morgan fingerprint density at radius 3 is 2.65 bits per heavy atom. The maximum Gasteiger partial charge on any atom is 0.122 e. The van der Waals surface area contributed by atoms with Crippen molar-refractivity contribution in [3.8, 4) is 5.75 Å². The fourth-order valence-electron chi connectivity index (χ4n) is 3.76. The molecule has 1 saturated heterocycles. The smallest absolute Gasteiger partial charge is 0.122 e. The Balaban J connectivity index is 1.78. The number of nitrogens with zero attached hydrogens (tertiary/aromatic N) is 1. The highest BCUT2D eigenvalue weighted by molar-refractivity contribution is 5.42. The molecular weight excluding hydrogens is 250 g/mol. The minimum absolute atomic E-state index is 0.345. The van der Waals surface area contributed by atoms with Gasteiger partial charge in [-0.25, -0.2) is 0 Å². The summed E-state index contributed by atoms with van der Waals surface area (Å²) in [4.78, 5) is 2.62. The molecule has 1 heterocycles. The van der Waals surface area contributed by atoms with Crippen LogP contribution in [-0.4, -0.2) is 43.3 Å². The monoisotopic (exact) mass is 275 g/mol. The molecule has 3 rings (SSSR count). The van der Waals surface area contributed by atoms with Gasteiger partial charge in [0.05, 0.1) is 19.3 Å². The van der Waals surface area contributed by atoms with Crippen LogP contribution in [0.3, 0.4) is 0 Å². The van der Waals surface area contributed by atoms with Crippen molar-refractivity contribution in [2.45, 2.75) is 51.4 Å². The minimum atomic E-state index is 0.345. The molecule has 0 spiro atoms. The second kappa shape index (κ2) is 5.74. The Hall–Kier alpha value is -1.06. The van der Waals surface area contributed by atoms with Crippen molar-refractivity contribution < 1.29 is 9.47 Å². The van der Waals surface area contributed by atoms with Crippen molar-refractivity contribution in [1.82, 2.24) is 4.90 Å². The van der Waals surface area contributed by atoms with Gasteiger partial charge in [-0.15, -0.1) is 0 Å². The zero-order valence-electron chi connectivity index (χ0n) is 12.8. The summed E-state index contributed by atoms with van der Waals surface area (Å²) in [5, 5.41) is 0. The summed E-state index contributed by atoms with van der Waals surface area (Å²) < 4.78 is 11.4. The first kappa shape index (κ1) is 13.9. The highest BCUT2D eigenvalue weighted by atomic mass is 16.5. The standard InChI is InChI=1S/C17H25NO2/c1-12-10-18(11-13(2)20-12)15-8-7-14-5-4-6-17(19-3)16(14)9-15/h4-6,12-13,15H,7-11H2,1-3H3/t12-,13-,15?/m1/s1. The quantitative estimate of drug-likeness (QED) is 0.828. The van der Waals surface area contributed by atoms with Crippen LogP contribution in [0.2, 0.25) is 0 Å². The fourth-order valence-corrected chi connectivity index (χ4v) is 3.76. The van der Waals surface area contributed by atoms with E-state index in [1.54, 1.807) is 7.11 Å². The molecule has 0 aromatic heterocycles. The highest BCUT2D eigenvalue weighted by Crippen LogP contribution is 2.32. The average Bonchev–Trinajstić information content (AvgIpc) is 2.45. The number of hydrogen-bond acceptors (Lipinski definition) is 3. The lowest BCUT2D eigenvalue weighted by atomic mass is 9.86. The van der Waals surface area contributed by atoms with Crippen LogP contribution in [-0.2, 0) is 17.6 Å². The molecule has 1 aromatic rings. The molecule has 3 heteroatoms. The third-order valence-corrected chi connectivity index (χ3v) is 4.60. The molecule has 3 nitrogen and oxygen atoms in total. The second-order valence-corrected chi connectivity index (χ2v) is 6.21. The molecule has 0 radical (unpaired) electrons. The number of fused-ring (bicyclic) bond motifs is 1. The van der Waals surface area contributed by atoms with Gasteiger partial charge in [0.15, 0.2) is 0 Å². The maximum absolute atomic E-state index is 5.86. The molecule has 0 bridgehead atoms. The van der Waals surface area contributed by atoms with Crippen LogP contribution in [0.4, 0.5) is 0 Å². The molecule has 2 aliphatic rings. The third-order valence-electron chi connectivity index (χ3n) is 4.60. The van der Waals surface area contributed by atoms with Gasteiger partial charge in [-0.2, -0.15) is 0 Å². The van der Waals surface area contributed by atoms with Gasteiger partial charge < -0.3 is 9.47 Å². The van der Waals surface area contributed by atoms with Crippen molar-refractivity contribution in [2.75, 3.05) is 20.2 Å². The Kier molecular flexibility index (Phi) is 3.99. The van der Waals surface area contributed by atoms with E-state index in [1.807, 2.05) is 0 Å². The van der Waals surface area contributed by atoms with E-state index in [0.717, 1.165) is 31.7 Å². The molecule has 110 valence electrons. The number of hydrogen-bond donors (Lipinski definition) is 0. The van der Waals surface area contributed by atoms with Crippen LogP contribution in [0.15, 0.2) is 18.2 Å². The summed E-state index contributed by atoms with van der Waals surface area (Å²) in [7, 11) is 1.78. The normalized spacial score (nSPS) is 30.9. The lowest BCUT2D eigenvalue weighted by molar-refractivity contribution is -0.0816. The molecule has 20 heavy (non-hydrogen) atoms. The van der Waals surface area contributed by atoms with Crippen LogP contribution in [0, 0.1) is 0 Å². The zero-order valence-corrected chi connectivity index (χ0v) is 12.8. The number of morpholine rings is 1. The molecule has 1 aliphatic heterocycles. The number of methoxy groups -OCH3 is 1. The first-order chi connectivity index (χ1) is 9.67. The van der Waals surface area contributed by atoms with E-state index in [9.17, 15) is 0 Å². The summed E-state index contributed by atoms with van der Waals surface area (Å²) in [6.45, 7) is 6.47. The summed E-state index contributed by atoms with van der Waals surface area (Å²) in [5.74, 6) is 1.06. The topological polar surface area (TPSA) is 21.7 Å². The molecular formula is C17H25NO2. The maximum atomic E-state index is 5.86. The van der Waals surface area contributed by atoms with Crippen LogP contribution in [0.5, 0.6) is 5.75 Å². The summed E-state index contributed by atoms with van der Waals surface area (Å²) in [6.07, 6.45) is 4.21. The van der Waals surface area contributed by atoms with Crippen molar-refractivity contribution in [1.29, 1.82) is 0 Å². The first-order valence-corrected chi connectivity index (χ1v) is 7.71. The molecule has 0 amide bonds. The second-order valence-electron chi connectivity index (χ2n) is 6.21. The minimum Gasteiger partial charge on any atom is -0.496 e. The molecule has 1 unspecified atom stereocenters. The van der Waals surface area contributed by atoms with Gasteiger partial charge in [0, 0.05) is 19.1 Å². The van der Waals surface area contributed by atoms with Crippen LogP contribution in [0.1, 0.15) is 31.4 Å². The van der Waals surface area contributed by atoms with Gasteiger partial charge >= 0.3 is 0 Å². The Morgan fingerprint density at radius 1 is 1.20 bits per heavy atom. The first-order valence-electron chi connectivity index (χ1n) is 7.71. The third kappa shape index (κ3) is 2.70. The highest BCUT2D eigenvalue weighted by Gasteiger charge is 2.31. The zero-order chi connectivity index (χ0) is 14.1. The van der Waals surface area contributed by atoms with E-state index in [2.05, 4.69) is 36.9 Å². The average molecular weight is 275 g/mol. The SMILES string of the molecule is COc1cccc2c1CC(N1C[C@@H](C)O[C@H](C)C1)CC2. The van der Waals surface area contributed by atoms with Gasteiger partial charge in [0.1, 0.15) is 5.75 Å². The summed E-state index contributed by atoms with van der Waals surface area (Å²) in [5.41, 5.74) is 2.88. The van der Waals surface area contributed by atoms with Crippen molar-refractivity contribution in [3.05, 3.63) is 29.3 Å². The van der Waals surface area contributed by atoms with Crippen molar-refractivity contribution in [3.63, 3.8) is 0 Å². The lowest BCUT2D eigenvalue weighted by Gasteiger charge is -2.42. The van der Waals surface area contributed by atoms with E-state index >= 15 is 0 Å². The van der Waals surface area contributed by atoms with Gasteiger partial charge in [0.2, 0.25) is 0 Å². The van der Waals surface area contributed by atoms with Crippen LogP contribution < -0.4 is 4.74 Å². The Bertz CT molecular complexity index is 450. The number of aryl methyl sites for hydroxylation is 1. The predicted octanol–water partition coefficient (Wildman–Crippen LogP) is 2.66. The Labute approximate surface area is 121 Å². The molecule has 1 aliphatic carbocycles. The fraction of sp³-hybridized carbons (Fsp3) is 0.647. The molecule has 0 saturated carbocycles. The number of rotatable bonds is 2. The van der Waals surface area contributed by atoms with Gasteiger partial charge in [0.25, 0.3) is 0 Å². The predicted molar refractivity (Wildman–Crippen MR) is 80.4 cm³/mol. The number of benzene rings is 1. The van der Waals surface area contributed by atoms with Crippen molar-refractivity contribution >= 4 is 0 Å². The molecule has 0 N–H and O–H groups in total. The van der Waals surface area contributed by atoms with Crippen LogP contribution >= 0.6 is 0 Å². The van der Waals surface area contributed by atoms with E-state index in [0.29, 0.717) is 18.2 Å². The van der Waals surface area contributed by atoms with E-state index in [1.165, 1.54) is 17.5 Å². The molecule has 1 fully saturated rings. The molecule has 3 atom stereocenters. The van der Waals surface area contributed by atoms with E-state index in [-0.39, 0.29) is 0 Å². The van der Waals surface area contributed by atoms with E-state index < -0.39 is 0 Å². The molecule has 1 aromatic carbocycles. The Morgan fingerprint density at radius 2 is 1.95 bits per heavy atom. The van der Waals surface area contributed by atoms with Crippen molar-refractivity contribution in [2.24, 2.45) is 0 Å². The summed E-state index contributed by atoms with van der Waals surface area (Å²) >= 11 is 0. The van der Waals surface area contributed by atoms with Gasteiger partial charge in [-0.1, -0.05) is 12.1 Å². The van der Waals surface area contributed by atoms with Gasteiger partial charge in [-0.3, -0.25) is 4.90 Å².